The maximum atomic E-state index is 9.96. The zero-order valence-corrected chi connectivity index (χ0v) is 10.3. The molecule has 0 atom stereocenters. The van der Waals surface area contributed by atoms with E-state index in [9.17, 15) is 5.11 Å². The van der Waals surface area contributed by atoms with Crippen LogP contribution in [-0.2, 0) is 6.42 Å². The van der Waals surface area contributed by atoms with Crippen LogP contribution in [-0.4, -0.2) is 5.11 Å². The van der Waals surface area contributed by atoms with Crippen molar-refractivity contribution in [2.75, 3.05) is 0 Å². The Morgan fingerprint density at radius 2 is 1.61 bits per heavy atom. The van der Waals surface area contributed by atoms with Gasteiger partial charge in [-0.25, -0.2) is 0 Å². The average molecular weight is 236 g/mol. The first-order valence-electron chi connectivity index (χ1n) is 6.41. The number of fused-ring (bicyclic) bond motifs is 1. The van der Waals surface area contributed by atoms with Crippen molar-refractivity contribution >= 4 is 11.6 Å². The summed E-state index contributed by atoms with van der Waals surface area (Å²) in [5, 5.41) is 9.96. The smallest absolute Gasteiger partial charge is 0.123 e. The molecule has 0 radical (unpaired) electrons. The maximum absolute atomic E-state index is 9.96. The van der Waals surface area contributed by atoms with Gasteiger partial charge in [-0.1, -0.05) is 48.5 Å². The summed E-state index contributed by atoms with van der Waals surface area (Å²) in [5.41, 5.74) is 4.89. The normalized spacial score (nSPS) is 14.6. The van der Waals surface area contributed by atoms with Crippen molar-refractivity contribution in [2.24, 2.45) is 0 Å². The van der Waals surface area contributed by atoms with E-state index in [4.69, 9.17) is 0 Å². The second-order valence-electron chi connectivity index (χ2n) is 4.74. The first-order chi connectivity index (χ1) is 8.84. The van der Waals surface area contributed by atoms with Crippen molar-refractivity contribution in [1.29, 1.82) is 0 Å². The number of allylic oxidation sites excluding steroid dienone is 1. The zero-order valence-electron chi connectivity index (χ0n) is 10.3. The molecule has 1 N–H and O–H groups in total. The molecule has 0 heterocycles. The number of hydrogen-bond acceptors (Lipinski definition) is 1. The third-order valence-electron chi connectivity index (χ3n) is 3.53. The average Bonchev–Trinajstić information content (AvgIpc) is 2.61. The summed E-state index contributed by atoms with van der Waals surface area (Å²) < 4.78 is 0. The van der Waals surface area contributed by atoms with Crippen LogP contribution < -0.4 is 0 Å². The molecule has 1 aliphatic rings. The van der Waals surface area contributed by atoms with Crippen LogP contribution in [0.3, 0.4) is 0 Å². The van der Waals surface area contributed by atoms with Gasteiger partial charge in [-0.05, 0) is 42.0 Å². The second kappa shape index (κ2) is 4.69. The van der Waals surface area contributed by atoms with Crippen molar-refractivity contribution in [3.63, 3.8) is 0 Å². The van der Waals surface area contributed by atoms with E-state index in [-0.39, 0.29) is 0 Å². The van der Waals surface area contributed by atoms with Gasteiger partial charge in [-0.15, -0.1) is 0 Å². The molecule has 0 aromatic heterocycles. The predicted molar refractivity (Wildman–Crippen MR) is 75.4 cm³/mol. The molecule has 90 valence electrons. The number of rotatable bonds is 1. The summed E-state index contributed by atoms with van der Waals surface area (Å²) in [6.45, 7) is 0. The minimum atomic E-state index is 0.378. The van der Waals surface area contributed by atoms with E-state index in [2.05, 4.69) is 30.3 Å². The van der Waals surface area contributed by atoms with E-state index in [1.165, 1.54) is 16.7 Å². The zero-order chi connectivity index (χ0) is 12.4. The Labute approximate surface area is 107 Å². The van der Waals surface area contributed by atoms with Crippen molar-refractivity contribution in [3.05, 3.63) is 65.2 Å². The number of benzene rings is 2. The molecule has 1 aliphatic carbocycles. The van der Waals surface area contributed by atoms with Crippen molar-refractivity contribution in [3.8, 4) is 5.75 Å². The Morgan fingerprint density at radius 1 is 0.833 bits per heavy atom. The van der Waals surface area contributed by atoms with Gasteiger partial charge >= 0.3 is 0 Å². The molecule has 0 spiro atoms. The first kappa shape index (κ1) is 11.1. The molecule has 0 fully saturated rings. The number of aromatic hydroxyl groups is 1. The first-order valence-corrected chi connectivity index (χ1v) is 6.41. The van der Waals surface area contributed by atoms with E-state index in [1.807, 2.05) is 18.2 Å². The van der Waals surface area contributed by atoms with E-state index in [1.54, 1.807) is 6.07 Å². The SMILES string of the molecule is Oc1ccccc1C1=Cc2ccccc2CCC1. The Hall–Kier alpha value is -2.02. The van der Waals surface area contributed by atoms with Crippen molar-refractivity contribution in [2.45, 2.75) is 19.3 Å². The van der Waals surface area contributed by atoms with Gasteiger partial charge < -0.3 is 5.11 Å². The molecular weight excluding hydrogens is 220 g/mol. The van der Waals surface area contributed by atoms with Gasteiger partial charge in [0.05, 0.1) is 0 Å². The lowest BCUT2D eigenvalue weighted by atomic mass is 10.00. The van der Waals surface area contributed by atoms with Gasteiger partial charge in [-0.3, -0.25) is 0 Å². The molecule has 0 saturated carbocycles. The van der Waals surface area contributed by atoms with Gasteiger partial charge in [0, 0.05) is 5.56 Å². The van der Waals surface area contributed by atoms with Crippen LogP contribution in [0.2, 0.25) is 0 Å². The Bertz CT molecular complexity index is 596. The summed E-state index contributed by atoms with van der Waals surface area (Å²) in [6.07, 6.45) is 5.49. The van der Waals surface area contributed by atoms with Crippen LogP contribution in [0.1, 0.15) is 29.5 Å². The van der Waals surface area contributed by atoms with Gasteiger partial charge in [-0.2, -0.15) is 0 Å². The maximum Gasteiger partial charge on any atom is 0.123 e. The monoisotopic (exact) mass is 236 g/mol. The Morgan fingerprint density at radius 3 is 2.50 bits per heavy atom. The molecule has 0 unspecified atom stereocenters. The minimum Gasteiger partial charge on any atom is -0.507 e. The molecule has 0 aliphatic heterocycles. The number of phenols is 1. The molecule has 3 rings (SSSR count). The van der Waals surface area contributed by atoms with E-state index in [0.717, 1.165) is 24.8 Å². The summed E-state index contributed by atoms with van der Waals surface area (Å²) in [7, 11) is 0. The van der Waals surface area contributed by atoms with Gasteiger partial charge in [0.1, 0.15) is 5.75 Å². The van der Waals surface area contributed by atoms with Crippen LogP contribution in [0, 0.1) is 0 Å². The lowest BCUT2D eigenvalue weighted by Crippen LogP contribution is -1.85. The Balaban J connectivity index is 2.09. The molecular formula is C17H16O. The van der Waals surface area contributed by atoms with Crippen LogP contribution in [0.15, 0.2) is 48.5 Å². The Kier molecular flexibility index (Phi) is 2.89. The fourth-order valence-corrected chi connectivity index (χ4v) is 2.59. The minimum absolute atomic E-state index is 0.378. The molecule has 0 amide bonds. The number of phenolic OH excluding ortho intramolecular Hbond substituents is 1. The third-order valence-corrected chi connectivity index (χ3v) is 3.53. The van der Waals surface area contributed by atoms with Gasteiger partial charge in [0.2, 0.25) is 0 Å². The molecule has 0 saturated heterocycles. The molecule has 1 nitrogen and oxygen atoms in total. The number of aryl methyl sites for hydroxylation is 1. The molecule has 1 heteroatoms. The summed E-state index contributed by atoms with van der Waals surface area (Å²) in [4.78, 5) is 0. The molecule has 2 aromatic carbocycles. The summed E-state index contributed by atoms with van der Waals surface area (Å²) in [5.74, 6) is 0.378. The summed E-state index contributed by atoms with van der Waals surface area (Å²) >= 11 is 0. The van der Waals surface area contributed by atoms with Gasteiger partial charge in [0.25, 0.3) is 0 Å². The van der Waals surface area contributed by atoms with Crippen LogP contribution >= 0.6 is 0 Å². The highest BCUT2D eigenvalue weighted by atomic mass is 16.3. The van der Waals surface area contributed by atoms with Crippen LogP contribution in [0.4, 0.5) is 0 Å². The fraction of sp³-hybridized carbons (Fsp3) is 0.176. The van der Waals surface area contributed by atoms with E-state index >= 15 is 0 Å². The predicted octanol–water partition coefficient (Wildman–Crippen LogP) is 4.27. The quantitative estimate of drug-likeness (QED) is 0.784. The highest BCUT2D eigenvalue weighted by molar-refractivity contribution is 5.85. The molecule has 18 heavy (non-hydrogen) atoms. The standard InChI is InChI=1S/C17H16O/c18-17-11-4-3-10-16(17)15-9-5-8-13-6-1-2-7-14(13)12-15/h1-4,6-7,10-12,18H,5,8-9H2. The lowest BCUT2D eigenvalue weighted by Gasteiger charge is -2.07. The third kappa shape index (κ3) is 2.04. The van der Waals surface area contributed by atoms with Crippen molar-refractivity contribution < 1.29 is 5.11 Å². The van der Waals surface area contributed by atoms with Gasteiger partial charge in [0.15, 0.2) is 0 Å². The molecule has 0 bridgehead atoms. The number of para-hydroxylation sites is 1. The molecule has 2 aromatic rings. The van der Waals surface area contributed by atoms with Crippen LogP contribution in [0.5, 0.6) is 5.75 Å². The topological polar surface area (TPSA) is 20.2 Å². The van der Waals surface area contributed by atoms with E-state index in [0.29, 0.717) is 5.75 Å². The fourth-order valence-electron chi connectivity index (χ4n) is 2.59. The highest BCUT2D eigenvalue weighted by Crippen LogP contribution is 2.33. The largest absolute Gasteiger partial charge is 0.507 e. The van der Waals surface area contributed by atoms with Crippen molar-refractivity contribution in [1.82, 2.24) is 0 Å². The summed E-state index contributed by atoms with van der Waals surface area (Å²) in [6, 6.07) is 16.1. The number of hydrogen-bond donors (Lipinski definition) is 1. The lowest BCUT2D eigenvalue weighted by molar-refractivity contribution is 0.473. The highest BCUT2D eigenvalue weighted by Gasteiger charge is 2.11. The van der Waals surface area contributed by atoms with E-state index < -0.39 is 0 Å². The van der Waals surface area contributed by atoms with Crippen LogP contribution in [0.25, 0.3) is 11.6 Å². The second-order valence-corrected chi connectivity index (χ2v) is 4.74.